The minimum Gasteiger partial charge on any atom is -0.473 e. The second-order valence-electron chi connectivity index (χ2n) is 13.3. The predicted octanol–water partition coefficient (Wildman–Crippen LogP) is 2.35. The number of carbonyl (C=O) groups excluding carboxylic acids is 2. The van der Waals surface area contributed by atoms with Gasteiger partial charge in [0, 0.05) is 77.1 Å². The van der Waals surface area contributed by atoms with Crippen LogP contribution in [-0.4, -0.2) is 142 Å². The van der Waals surface area contributed by atoms with Gasteiger partial charge in [0.05, 0.1) is 26.1 Å². The third-order valence-corrected chi connectivity index (χ3v) is 9.56. The predicted molar refractivity (Wildman–Crippen MR) is 187 cm³/mol. The maximum absolute atomic E-state index is 12.8. The van der Waals surface area contributed by atoms with Crippen molar-refractivity contribution in [3.05, 3.63) is 36.9 Å². The molecule has 4 heterocycles. The number of hydrogen-bond acceptors (Lipinski definition) is 14. The monoisotopic (exact) mass is 712 g/mol. The zero-order valence-electron chi connectivity index (χ0n) is 29.4. The smallest absolute Gasteiger partial charge is 0.414 e. The fourth-order valence-corrected chi connectivity index (χ4v) is 6.75. The van der Waals surface area contributed by atoms with Gasteiger partial charge in [0.25, 0.3) is 0 Å². The molecule has 280 valence electrons. The van der Waals surface area contributed by atoms with Gasteiger partial charge in [0.2, 0.25) is 11.9 Å². The van der Waals surface area contributed by atoms with E-state index in [0.717, 1.165) is 129 Å². The molecule has 3 aliphatic rings. The number of hydrogen-bond donors (Lipinski definition) is 2. The Morgan fingerprint density at radius 1 is 0.588 bits per heavy atom. The number of nitrogens with zero attached hydrogens (tertiary/aromatic N) is 8. The van der Waals surface area contributed by atoms with Crippen LogP contribution in [0.15, 0.2) is 36.9 Å². The van der Waals surface area contributed by atoms with E-state index >= 15 is 0 Å². The number of aromatic nitrogens is 4. The minimum absolute atomic E-state index is 0.180. The van der Waals surface area contributed by atoms with Crippen molar-refractivity contribution in [1.82, 2.24) is 29.7 Å². The van der Waals surface area contributed by atoms with Crippen molar-refractivity contribution in [3.8, 4) is 0 Å². The Hall–Kier alpha value is -4.44. The molecule has 2 aromatic heterocycles. The lowest BCUT2D eigenvalue weighted by molar-refractivity contribution is -0.159. The van der Waals surface area contributed by atoms with Crippen LogP contribution in [0.5, 0.6) is 0 Å². The van der Waals surface area contributed by atoms with Gasteiger partial charge in [-0.1, -0.05) is 12.8 Å². The van der Waals surface area contributed by atoms with Crippen molar-refractivity contribution < 1.29 is 38.9 Å². The molecule has 2 saturated heterocycles. The van der Waals surface area contributed by atoms with Crippen molar-refractivity contribution in [2.45, 2.75) is 64.2 Å². The number of esters is 2. The SMILES string of the molecule is O=C(CC1(CC(=O)OCCCCN2CCN(c3ncccn3)CC2)CCCC1)OCCCCN1CCN(c2ncccn2)CC1.O=C(O)C(=O)O. The number of piperazine rings is 2. The van der Waals surface area contributed by atoms with E-state index in [0.29, 0.717) is 26.1 Å². The first-order valence-corrected chi connectivity index (χ1v) is 18.0. The summed E-state index contributed by atoms with van der Waals surface area (Å²) in [6.07, 6.45) is 15.3. The number of aliphatic carboxylic acids is 2. The molecule has 0 radical (unpaired) electrons. The number of carboxylic acid groups (broad SMARTS) is 2. The molecule has 0 spiro atoms. The first kappa shape index (κ1) is 39.3. The van der Waals surface area contributed by atoms with Crippen LogP contribution in [0.25, 0.3) is 0 Å². The van der Waals surface area contributed by atoms with Gasteiger partial charge in [-0.2, -0.15) is 0 Å². The summed E-state index contributed by atoms with van der Waals surface area (Å²) in [6, 6.07) is 3.68. The summed E-state index contributed by atoms with van der Waals surface area (Å²) in [5.74, 6) is -2.41. The Kier molecular flexibility index (Phi) is 16.2. The van der Waals surface area contributed by atoms with Gasteiger partial charge in [0.1, 0.15) is 0 Å². The highest BCUT2D eigenvalue weighted by Gasteiger charge is 2.39. The molecule has 0 atom stereocenters. The van der Waals surface area contributed by atoms with Crippen LogP contribution >= 0.6 is 0 Å². The number of rotatable bonds is 16. The van der Waals surface area contributed by atoms with E-state index in [-0.39, 0.29) is 17.4 Å². The Balaban J connectivity index is 0.000000894. The van der Waals surface area contributed by atoms with Crippen LogP contribution in [0.2, 0.25) is 0 Å². The van der Waals surface area contributed by atoms with Gasteiger partial charge in [0.15, 0.2) is 0 Å². The molecular formula is C35H52N8O8. The van der Waals surface area contributed by atoms with Crippen molar-refractivity contribution in [3.63, 3.8) is 0 Å². The molecule has 0 unspecified atom stereocenters. The van der Waals surface area contributed by atoms with E-state index in [2.05, 4.69) is 39.5 Å². The summed E-state index contributed by atoms with van der Waals surface area (Å²) < 4.78 is 11.3. The van der Waals surface area contributed by atoms with Crippen molar-refractivity contribution >= 4 is 35.8 Å². The van der Waals surface area contributed by atoms with E-state index in [9.17, 15) is 9.59 Å². The van der Waals surface area contributed by atoms with Crippen LogP contribution in [-0.2, 0) is 28.7 Å². The summed E-state index contributed by atoms with van der Waals surface area (Å²) in [4.78, 5) is 70.4. The maximum atomic E-state index is 12.8. The van der Waals surface area contributed by atoms with E-state index in [1.54, 1.807) is 24.8 Å². The number of carboxylic acids is 2. The lowest BCUT2D eigenvalue weighted by Gasteiger charge is -2.34. The van der Waals surface area contributed by atoms with Gasteiger partial charge in [-0.25, -0.2) is 29.5 Å². The molecule has 2 aliphatic heterocycles. The van der Waals surface area contributed by atoms with Crippen LogP contribution in [0.4, 0.5) is 11.9 Å². The quantitative estimate of drug-likeness (QED) is 0.146. The summed E-state index contributed by atoms with van der Waals surface area (Å²) in [6.45, 7) is 10.5. The van der Waals surface area contributed by atoms with Gasteiger partial charge in [-0.15, -0.1) is 0 Å². The second kappa shape index (κ2) is 21.0. The molecule has 16 nitrogen and oxygen atoms in total. The van der Waals surface area contributed by atoms with E-state index in [4.69, 9.17) is 29.3 Å². The van der Waals surface area contributed by atoms with Crippen LogP contribution < -0.4 is 9.80 Å². The molecule has 1 aliphatic carbocycles. The first-order valence-electron chi connectivity index (χ1n) is 18.0. The number of anilines is 2. The highest BCUT2D eigenvalue weighted by molar-refractivity contribution is 6.27. The van der Waals surface area contributed by atoms with Crippen molar-refractivity contribution in [1.29, 1.82) is 0 Å². The first-order chi connectivity index (χ1) is 24.7. The molecule has 1 saturated carbocycles. The normalized spacial score (nSPS) is 17.6. The van der Waals surface area contributed by atoms with E-state index in [1.807, 2.05) is 12.1 Å². The van der Waals surface area contributed by atoms with Gasteiger partial charge >= 0.3 is 23.9 Å². The number of unbranched alkanes of at least 4 members (excludes halogenated alkanes) is 2. The zero-order valence-corrected chi connectivity index (χ0v) is 29.4. The lowest BCUT2D eigenvalue weighted by Crippen LogP contribution is -2.47. The highest BCUT2D eigenvalue weighted by atomic mass is 16.5. The van der Waals surface area contributed by atoms with Gasteiger partial charge < -0.3 is 29.5 Å². The Morgan fingerprint density at radius 2 is 0.961 bits per heavy atom. The summed E-state index contributed by atoms with van der Waals surface area (Å²) in [5, 5.41) is 14.8. The number of ether oxygens (including phenoxy) is 2. The molecule has 0 aromatic carbocycles. The van der Waals surface area contributed by atoms with Gasteiger partial charge in [-0.05, 0) is 69.2 Å². The summed E-state index contributed by atoms with van der Waals surface area (Å²) in [5.41, 5.74) is -0.307. The minimum atomic E-state index is -1.82. The fraction of sp³-hybridized carbons (Fsp3) is 0.657. The topological polar surface area (TPSA) is 192 Å². The van der Waals surface area contributed by atoms with Crippen LogP contribution in [0.3, 0.4) is 0 Å². The van der Waals surface area contributed by atoms with E-state index < -0.39 is 11.9 Å². The summed E-state index contributed by atoms with van der Waals surface area (Å²) in [7, 11) is 0. The van der Waals surface area contributed by atoms with E-state index in [1.165, 1.54) is 0 Å². The van der Waals surface area contributed by atoms with Crippen LogP contribution in [0, 0.1) is 5.41 Å². The zero-order chi connectivity index (χ0) is 36.3. The molecule has 16 heteroatoms. The average Bonchev–Trinajstić information content (AvgIpc) is 3.60. The van der Waals surface area contributed by atoms with Crippen molar-refractivity contribution in [2.24, 2.45) is 5.41 Å². The average molecular weight is 713 g/mol. The van der Waals surface area contributed by atoms with Crippen molar-refractivity contribution in [2.75, 3.05) is 88.5 Å². The second-order valence-corrected chi connectivity index (χ2v) is 13.3. The Morgan fingerprint density at radius 3 is 1.31 bits per heavy atom. The molecule has 2 aromatic rings. The standard InChI is InChI=1S/C33H50N8O4.C2H2O4/c42-29(44-25-5-3-15-38-17-21-40(22-18-38)31-34-11-7-12-35-31)27-33(9-1-2-10-33)28-30(43)45-26-6-4-16-39-19-23-41(24-20-39)32-36-13-8-14-37-32;3-1(4)2(5)6/h7-8,11-14H,1-6,9-10,15-28H2;(H,3,4)(H,5,6). The molecule has 0 bridgehead atoms. The highest BCUT2D eigenvalue weighted by Crippen LogP contribution is 2.44. The third kappa shape index (κ3) is 14.0. The van der Waals surface area contributed by atoms with Gasteiger partial charge in [-0.3, -0.25) is 19.4 Å². The molecule has 2 N–H and O–H groups in total. The molecule has 3 fully saturated rings. The molecule has 51 heavy (non-hydrogen) atoms. The number of carbonyl (C=O) groups is 4. The third-order valence-electron chi connectivity index (χ3n) is 9.56. The fourth-order valence-electron chi connectivity index (χ4n) is 6.75. The van der Waals surface area contributed by atoms with Crippen LogP contribution in [0.1, 0.15) is 64.2 Å². The largest absolute Gasteiger partial charge is 0.473 e. The lowest BCUT2D eigenvalue weighted by atomic mass is 9.79. The molecular weight excluding hydrogens is 660 g/mol. The maximum Gasteiger partial charge on any atom is 0.414 e. The Bertz CT molecular complexity index is 1250. The Labute approximate surface area is 299 Å². The summed E-state index contributed by atoms with van der Waals surface area (Å²) >= 11 is 0. The molecule has 0 amide bonds. The molecule has 5 rings (SSSR count).